The minimum atomic E-state index is -1.50. The second-order valence-electron chi connectivity index (χ2n) is 8.22. The van der Waals surface area contributed by atoms with Crippen molar-refractivity contribution in [2.75, 3.05) is 0 Å². The topological polar surface area (TPSA) is 68.3 Å². The number of nitrogens with zero attached hydrogens (tertiary/aromatic N) is 6. The van der Waals surface area contributed by atoms with Gasteiger partial charge in [-0.15, -0.1) is 0 Å². The van der Waals surface area contributed by atoms with Gasteiger partial charge in [-0.05, 0) is 31.4 Å². The average Bonchev–Trinajstić information content (AvgIpc) is 3.44. The van der Waals surface area contributed by atoms with E-state index in [4.69, 9.17) is 0 Å². The predicted octanol–water partition coefficient (Wildman–Crippen LogP) is 3.45. The molecule has 2 atom stereocenters. The van der Waals surface area contributed by atoms with Gasteiger partial charge in [0.15, 0.2) is 17.5 Å². The van der Waals surface area contributed by atoms with Gasteiger partial charge >= 0.3 is 0 Å². The number of hydrogen-bond donors (Lipinski definition) is 0. The number of rotatable bonds is 2. The molecular formula is C22H17F3N6O. The lowest BCUT2D eigenvalue weighted by atomic mass is 9.94. The first-order chi connectivity index (χ1) is 15.4. The molecule has 0 N–H and O–H groups in total. The molecular weight excluding hydrogens is 421 g/mol. The van der Waals surface area contributed by atoms with Crippen LogP contribution in [0.2, 0.25) is 0 Å². The van der Waals surface area contributed by atoms with E-state index in [0.717, 1.165) is 30.5 Å². The zero-order chi connectivity index (χ0) is 22.1. The second-order valence-corrected chi connectivity index (χ2v) is 8.22. The molecule has 0 aliphatic carbocycles. The molecule has 2 bridgehead atoms. The Morgan fingerprint density at radius 1 is 1.12 bits per heavy atom. The van der Waals surface area contributed by atoms with Crippen LogP contribution in [-0.2, 0) is 13.5 Å². The SMILES string of the molecule is Cn1nc2c(c1-c1cc(F)c(F)c(F)c1)C[C@@H]1CC[C@H]2N1C(=O)c1cnn2ccncc12. The van der Waals surface area contributed by atoms with Gasteiger partial charge in [0.1, 0.15) is 0 Å². The Morgan fingerprint density at radius 2 is 1.91 bits per heavy atom. The number of fused-ring (bicyclic) bond motifs is 5. The van der Waals surface area contributed by atoms with Crippen LogP contribution in [0, 0.1) is 17.5 Å². The molecule has 32 heavy (non-hydrogen) atoms. The molecule has 0 unspecified atom stereocenters. The maximum Gasteiger partial charge on any atom is 0.258 e. The summed E-state index contributed by atoms with van der Waals surface area (Å²) < 4.78 is 44.5. The first-order valence-electron chi connectivity index (χ1n) is 10.2. The first kappa shape index (κ1) is 19.0. The van der Waals surface area contributed by atoms with Gasteiger partial charge in [0, 0.05) is 36.6 Å². The number of carbonyl (C=O) groups excluding carboxylic acids is 1. The van der Waals surface area contributed by atoms with Crippen molar-refractivity contribution in [1.82, 2.24) is 29.3 Å². The van der Waals surface area contributed by atoms with Crippen molar-refractivity contribution in [3.63, 3.8) is 0 Å². The van der Waals surface area contributed by atoms with E-state index in [1.54, 1.807) is 41.0 Å². The lowest BCUT2D eigenvalue weighted by molar-refractivity contribution is 0.0644. The van der Waals surface area contributed by atoms with Crippen LogP contribution in [0.25, 0.3) is 16.8 Å². The van der Waals surface area contributed by atoms with Crippen molar-refractivity contribution < 1.29 is 18.0 Å². The Hall–Kier alpha value is -3.69. The molecule has 1 aromatic carbocycles. The number of aryl methyl sites for hydroxylation is 1. The number of aromatic nitrogens is 5. The van der Waals surface area contributed by atoms with E-state index in [9.17, 15) is 18.0 Å². The fraction of sp³-hybridized carbons (Fsp3) is 0.273. The summed E-state index contributed by atoms with van der Waals surface area (Å²) >= 11 is 0. The number of carbonyl (C=O) groups is 1. The minimum absolute atomic E-state index is 0.0790. The van der Waals surface area contributed by atoms with E-state index in [1.165, 1.54) is 0 Å². The second kappa shape index (κ2) is 6.65. The Labute approximate surface area is 180 Å². The fourth-order valence-electron chi connectivity index (χ4n) is 5.14. The van der Waals surface area contributed by atoms with E-state index < -0.39 is 17.5 Å². The Morgan fingerprint density at radius 3 is 2.69 bits per heavy atom. The molecule has 1 fully saturated rings. The van der Waals surface area contributed by atoms with Crippen LogP contribution in [0.4, 0.5) is 13.2 Å². The molecule has 0 radical (unpaired) electrons. The van der Waals surface area contributed by atoms with Crippen LogP contribution in [-0.4, -0.2) is 41.2 Å². The summed E-state index contributed by atoms with van der Waals surface area (Å²) in [7, 11) is 1.68. The van der Waals surface area contributed by atoms with Crippen molar-refractivity contribution in [2.24, 2.45) is 7.05 Å². The van der Waals surface area contributed by atoms with E-state index in [-0.39, 0.29) is 23.6 Å². The van der Waals surface area contributed by atoms with Crippen LogP contribution in [0.15, 0.2) is 36.9 Å². The van der Waals surface area contributed by atoms with Gasteiger partial charge in [-0.2, -0.15) is 10.2 Å². The molecule has 6 rings (SSSR count). The normalized spacial score (nSPS) is 19.6. The lowest BCUT2D eigenvalue weighted by Gasteiger charge is -2.34. The molecule has 1 amide bonds. The van der Waals surface area contributed by atoms with Crippen LogP contribution in [0.3, 0.4) is 0 Å². The summed E-state index contributed by atoms with van der Waals surface area (Å²) in [5.41, 5.74) is 3.42. The third kappa shape index (κ3) is 2.55. The first-order valence-corrected chi connectivity index (χ1v) is 10.2. The van der Waals surface area contributed by atoms with Gasteiger partial charge < -0.3 is 4.90 Å². The number of amides is 1. The molecule has 162 valence electrons. The zero-order valence-corrected chi connectivity index (χ0v) is 17.0. The number of benzene rings is 1. The molecule has 4 aromatic rings. The Balaban J connectivity index is 1.43. The van der Waals surface area contributed by atoms with Crippen LogP contribution >= 0.6 is 0 Å². The van der Waals surface area contributed by atoms with Gasteiger partial charge in [0.05, 0.1) is 40.9 Å². The fourth-order valence-corrected chi connectivity index (χ4v) is 5.14. The lowest BCUT2D eigenvalue weighted by Crippen LogP contribution is -2.41. The highest BCUT2D eigenvalue weighted by Gasteiger charge is 2.46. The standard InChI is InChI=1S/C22H17F3N6O/c1-29-21(11-6-15(23)19(25)16(24)7-11)13-8-12-2-3-17(20(13)28-29)31(12)22(32)14-9-27-30-5-4-26-10-18(14)30/h4-7,9-10,12,17H,2-3,8H2,1H3/t12-,17+/m0/s1. The molecule has 7 nitrogen and oxygen atoms in total. The highest BCUT2D eigenvalue weighted by Crippen LogP contribution is 2.47. The van der Waals surface area contributed by atoms with Crippen LogP contribution in [0.5, 0.6) is 0 Å². The smallest absolute Gasteiger partial charge is 0.258 e. The maximum absolute atomic E-state index is 13.9. The zero-order valence-electron chi connectivity index (χ0n) is 17.0. The van der Waals surface area contributed by atoms with E-state index in [0.29, 0.717) is 28.9 Å². The maximum atomic E-state index is 13.9. The van der Waals surface area contributed by atoms with Gasteiger partial charge in [-0.25, -0.2) is 17.7 Å². The molecule has 3 aromatic heterocycles. The van der Waals surface area contributed by atoms with Crippen molar-refractivity contribution in [1.29, 1.82) is 0 Å². The van der Waals surface area contributed by atoms with Crippen molar-refractivity contribution >= 4 is 11.4 Å². The van der Waals surface area contributed by atoms with Crippen LogP contribution < -0.4 is 0 Å². The minimum Gasteiger partial charge on any atom is -0.327 e. The molecule has 10 heteroatoms. The van der Waals surface area contributed by atoms with Gasteiger partial charge in [-0.3, -0.25) is 14.5 Å². The Kier molecular flexibility index (Phi) is 3.96. The number of halogens is 3. The summed E-state index contributed by atoms with van der Waals surface area (Å²) in [6.07, 6.45) is 8.46. The summed E-state index contributed by atoms with van der Waals surface area (Å²) in [5, 5.41) is 8.85. The molecule has 0 saturated carbocycles. The summed E-state index contributed by atoms with van der Waals surface area (Å²) in [4.78, 5) is 19.4. The van der Waals surface area contributed by atoms with Gasteiger partial charge in [-0.1, -0.05) is 0 Å². The molecule has 2 aliphatic heterocycles. The predicted molar refractivity (Wildman–Crippen MR) is 107 cm³/mol. The monoisotopic (exact) mass is 438 g/mol. The Bertz CT molecular complexity index is 1390. The molecule has 5 heterocycles. The highest BCUT2D eigenvalue weighted by molar-refractivity contribution is 6.01. The van der Waals surface area contributed by atoms with Crippen molar-refractivity contribution in [3.05, 3.63) is 71.2 Å². The molecule has 1 saturated heterocycles. The third-order valence-electron chi connectivity index (χ3n) is 6.48. The largest absolute Gasteiger partial charge is 0.327 e. The highest BCUT2D eigenvalue weighted by atomic mass is 19.2. The average molecular weight is 438 g/mol. The third-order valence-corrected chi connectivity index (χ3v) is 6.48. The van der Waals surface area contributed by atoms with Crippen molar-refractivity contribution in [2.45, 2.75) is 31.3 Å². The number of hydrogen-bond acceptors (Lipinski definition) is 4. The summed E-state index contributed by atoms with van der Waals surface area (Å²) in [6, 6.07) is 1.64. The van der Waals surface area contributed by atoms with Gasteiger partial charge in [0.25, 0.3) is 5.91 Å². The summed E-state index contributed by atoms with van der Waals surface area (Å²) in [5.74, 6) is -4.12. The van der Waals surface area contributed by atoms with Crippen molar-refractivity contribution in [3.8, 4) is 11.3 Å². The molecule has 0 spiro atoms. The van der Waals surface area contributed by atoms with E-state index in [2.05, 4.69) is 15.2 Å². The van der Waals surface area contributed by atoms with E-state index in [1.807, 2.05) is 4.90 Å². The van der Waals surface area contributed by atoms with Gasteiger partial charge in [0.2, 0.25) is 0 Å². The molecule has 2 aliphatic rings. The quantitative estimate of drug-likeness (QED) is 0.450. The summed E-state index contributed by atoms with van der Waals surface area (Å²) in [6.45, 7) is 0. The van der Waals surface area contributed by atoms with Crippen LogP contribution in [0.1, 0.15) is 40.5 Å². The van der Waals surface area contributed by atoms with E-state index >= 15 is 0 Å².